The van der Waals surface area contributed by atoms with Crippen molar-refractivity contribution in [2.24, 2.45) is 10.7 Å². The molecule has 200 valence electrons. The molecule has 1 fully saturated rings. The third-order valence-corrected chi connectivity index (χ3v) is 6.15. The first-order valence-electron chi connectivity index (χ1n) is 12.1. The highest BCUT2D eigenvalue weighted by atomic mass is 35.5. The Bertz CT molecular complexity index is 1190. The van der Waals surface area contributed by atoms with Crippen LogP contribution in [-0.4, -0.2) is 59.0 Å². The number of rotatable bonds is 9. The summed E-state index contributed by atoms with van der Waals surface area (Å²) in [6.45, 7) is 3.11. The van der Waals surface area contributed by atoms with E-state index in [1.54, 1.807) is 13.3 Å². The summed E-state index contributed by atoms with van der Waals surface area (Å²) in [5.41, 5.74) is 8.79. The lowest BCUT2D eigenvalue weighted by molar-refractivity contribution is 0.0938. The molecule has 9 nitrogen and oxygen atoms in total. The van der Waals surface area contributed by atoms with Gasteiger partial charge < -0.3 is 21.1 Å². The minimum atomic E-state index is -0.302. The Morgan fingerprint density at radius 1 is 1.16 bits per heavy atom. The number of methoxy groups -OCH3 is 1. The predicted molar refractivity (Wildman–Crippen MR) is 152 cm³/mol. The molecule has 2 heterocycles. The molecule has 0 spiro atoms. The van der Waals surface area contributed by atoms with Crippen LogP contribution < -0.4 is 16.4 Å². The molecule has 0 saturated heterocycles. The number of ether oxygens (including phenoxy) is 1. The monoisotopic (exact) mass is 547 g/mol. The van der Waals surface area contributed by atoms with Gasteiger partial charge in [0.1, 0.15) is 17.3 Å². The second kappa shape index (κ2) is 14.7. The maximum Gasteiger partial charge on any atom is 0.289 e. The number of aryl methyl sites for hydroxylation is 1. The van der Waals surface area contributed by atoms with Gasteiger partial charge in [-0.15, -0.1) is 24.8 Å². The van der Waals surface area contributed by atoms with E-state index in [2.05, 4.69) is 25.6 Å². The first-order chi connectivity index (χ1) is 17.0. The van der Waals surface area contributed by atoms with Gasteiger partial charge in [-0.3, -0.25) is 14.8 Å². The number of pyridine rings is 1. The van der Waals surface area contributed by atoms with E-state index in [4.69, 9.17) is 15.5 Å². The van der Waals surface area contributed by atoms with Crippen LogP contribution in [-0.2, 0) is 4.74 Å². The van der Waals surface area contributed by atoms with Crippen molar-refractivity contribution in [3.63, 3.8) is 0 Å². The molecule has 2 atom stereocenters. The fourth-order valence-corrected chi connectivity index (χ4v) is 4.32. The van der Waals surface area contributed by atoms with E-state index in [1.165, 1.54) is 0 Å². The average Bonchev–Trinajstić information content (AvgIpc) is 2.88. The lowest BCUT2D eigenvalue weighted by Gasteiger charge is -2.30. The zero-order chi connectivity index (χ0) is 24.6. The SMILES string of the molecule is COCCCNC(=O)c1nc(N[C@H]2CCCC[C@H]2N=C(N)c2ccccn2)c2cc(C)ccc2n1.Cl.Cl. The standard InChI is InChI=1S/C26H33N7O2.2ClH/c1-17-11-12-19-18(16-17)24(33-25(31-19)26(34)29-14-7-15-35-2)32-21-9-4-3-8-20(21)30-23(27)22-10-5-6-13-28-22;;/h5-6,10-13,16,20-21H,3-4,7-9,14-15H2,1-2H3,(H2,27,30)(H,29,34)(H,31,32,33);2*1H/t20-,21+;;/m1../s1. The molecule has 1 amide bonds. The molecule has 3 aromatic rings. The molecule has 1 aromatic carbocycles. The number of aliphatic imine (C=N–C) groups is 1. The number of nitrogens with zero attached hydrogens (tertiary/aromatic N) is 4. The largest absolute Gasteiger partial charge is 0.385 e. The maximum atomic E-state index is 12.8. The molecule has 1 aliphatic carbocycles. The number of nitrogens with one attached hydrogen (secondary N) is 2. The normalized spacial score (nSPS) is 17.4. The fourth-order valence-electron chi connectivity index (χ4n) is 4.32. The van der Waals surface area contributed by atoms with Crippen LogP contribution in [0.25, 0.3) is 10.9 Å². The maximum absolute atomic E-state index is 12.8. The summed E-state index contributed by atoms with van der Waals surface area (Å²) >= 11 is 0. The van der Waals surface area contributed by atoms with E-state index in [1.807, 2.05) is 43.3 Å². The van der Waals surface area contributed by atoms with Gasteiger partial charge in [0.15, 0.2) is 0 Å². The lowest BCUT2D eigenvalue weighted by atomic mass is 9.90. The quantitative estimate of drug-likeness (QED) is 0.209. The molecular weight excluding hydrogens is 513 g/mol. The van der Waals surface area contributed by atoms with Crippen LogP contribution in [0.15, 0.2) is 47.6 Å². The number of hydrogen-bond donors (Lipinski definition) is 3. The molecule has 11 heteroatoms. The van der Waals surface area contributed by atoms with Crippen molar-refractivity contribution in [1.82, 2.24) is 20.3 Å². The van der Waals surface area contributed by atoms with Crippen LogP contribution in [0.3, 0.4) is 0 Å². The molecule has 0 unspecified atom stereocenters. The Labute approximate surface area is 229 Å². The van der Waals surface area contributed by atoms with E-state index in [0.717, 1.165) is 48.6 Å². The topological polar surface area (TPSA) is 127 Å². The lowest BCUT2D eigenvalue weighted by Crippen LogP contribution is -2.37. The number of nitrogens with two attached hydrogens (primary N) is 1. The summed E-state index contributed by atoms with van der Waals surface area (Å²) in [5.74, 6) is 0.919. The molecule has 0 bridgehead atoms. The van der Waals surface area contributed by atoms with Gasteiger partial charge in [-0.25, -0.2) is 9.97 Å². The van der Waals surface area contributed by atoms with E-state index < -0.39 is 0 Å². The number of anilines is 1. The van der Waals surface area contributed by atoms with Gasteiger partial charge in [0.05, 0.1) is 11.6 Å². The van der Waals surface area contributed by atoms with Gasteiger partial charge in [-0.2, -0.15) is 0 Å². The van der Waals surface area contributed by atoms with Gasteiger partial charge >= 0.3 is 0 Å². The number of amidine groups is 1. The smallest absolute Gasteiger partial charge is 0.289 e. The molecule has 0 aliphatic heterocycles. The minimum Gasteiger partial charge on any atom is -0.385 e. The second-order valence-electron chi connectivity index (χ2n) is 8.85. The van der Waals surface area contributed by atoms with Gasteiger partial charge in [-0.05, 0) is 50.5 Å². The highest BCUT2D eigenvalue weighted by molar-refractivity contribution is 5.97. The first kappa shape index (κ1) is 30.2. The molecule has 1 aliphatic rings. The van der Waals surface area contributed by atoms with Crippen molar-refractivity contribution in [1.29, 1.82) is 0 Å². The molecule has 37 heavy (non-hydrogen) atoms. The van der Waals surface area contributed by atoms with Gasteiger partial charge in [0.25, 0.3) is 5.91 Å². The Balaban J connectivity index is 0.00000241. The second-order valence-corrected chi connectivity index (χ2v) is 8.85. The Morgan fingerprint density at radius 2 is 1.97 bits per heavy atom. The highest BCUT2D eigenvalue weighted by Crippen LogP contribution is 2.28. The fraction of sp³-hybridized carbons (Fsp3) is 0.423. The van der Waals surface area contributed by atoms with E-state index in [0.29, 0.717) is 30.5 Å². The summed E-state index contributed by atoms with van der Waals surface area (Å²) in [4.78, 5) is 31.1. The third kappa shape index (κ3) is 7.99. The number of fused-ring (bicyclic) bond motifs is 1. The molecule has 0 radical (unpaired) electrons. The van der Waals surface area contributed by atoms with Crippen molar-refractivity contribution < 1.29 is 9.53 Å². The van der Waals surface area contributed by atoms with Crippen LogP contribution >= 0.6 is 24.8 Å². The number of carbonyl (C=O) groups is 1. The van der Waals surface area contributed by atoms with Crippen LogP contribution in [0.4, 0.5) is 5.82 Å². The summed E-state index contributed by atoms with van der Waals surface area (Å²) in [6.07, 6.45) is 6.45. The van der Waals surface area contributed by atoms with E-state index in [9.17, 15) is 4.79 Å². The first-order valence-corrected chi connectivity index (χ1v) is 12.1. The van der Waals surface area contributed by atoms with Crippen molar-refractivity contribution in [2.75, 3.05) is 25.6 Å². The summed E-state index contributed by atoms with van der Waals surface area (Å²) < 4.78 is 5.05. The number of benzene rings is 1. The van der Waals surface area contributed by atoms with Gasteiger partial charge in [-0.1, -0.05) is 30.5 Å². The van der Waals surface area contributed by atoms with E-state index >= 15 is 0 Å². The van der Waals surface area contributed by atoms with Crippen molar-refractivity contribution in [3.05, 3.63) is 59.7 Å². The third-order valence-electron chi connectivity index (χ3n) is 6.15. The Hall–Kier alpha value is -3.01. The zero-order valence-electron chi connectivity index (χ0n) is 21.1. The van der Waals surface area contributed by atoms with Crippen LogP contribution in [0.1, 0.15) is 54.0 Å². The summed E-state index contributed by atoms with van der Waals surface area (Å²) in [6, 6.07) is 11.6. The molecule has 4 N–H and O–H groups in total. The Kier molecular flexibility index (Phi) is 12.0. The number of amides is 1. The van der Waals surface area contributed by atoms with E-state index in [-0.39, 0.29) is 48.6 Å². The van der Waals surface area contributed by atoms with Gasteiger partial charge in [0, 0.05) is 37.9 Å². The van der Waals surface area contributed by atoms with Crippen LogP contribution in [0.5, 0.6) is 0 Å². The number of aromatic nitrogens is 3. The Morgan fingerprint density at radius 3 is 2.73 bits per heavy atom. The number of halogens is 2. The molecule has 4 rings (SSSR count). The van der Waals surface area contributed by atoms with Crippen LogP contribution in [0.2, 0.25) is 0 Å². The average molecular weight is 549 g/mol. The van der Waals surface area contributed by atoms with Crippen molar-refractivity contribution in [2.45, 2.75) is 51.1 Å². The highest BCUT2D eigenvalue weighted by Gasteiger charge is 2.27. The number of carbonyl (C=O) groups excluding carboxylic acids is 1. The predicted octanol–water partition coefficient (Wildman–Crippen LogP) is 4.07. The number of hydrogen-bond acceptors (Lipinski definition) is 7. The van der Waals surface area contributed by atoms with Gasteiger partial charge in [0.2, 0.25) is 5.82 Å². The zero-order valence-corrected chi connectivity index (χ0v) is 22.8. The van der Waals surface area contributed by atoms with Crippen molar-refractivity contribution in [3.8, 4) is 0 Å². The van der Waals surface area contributed by atoms with Crippen LogP contribution in [0, 0.1) is 6.92 Å². The molecular formula is C26H35Cl2N7O2. The molecule has 2 aromatic heterocycles. The summed E-state index contributed by atoms with van der Waals surface area (Å²) in [7, 11) is 1.64. The molecule has 1 saturated carbocycles. The van der Waals surface area contributed by atoms with Crippen molar-refractivity contribution >= 4 is 53.3 Å². The summed E-state index contributed by atoms with van der Waals surface area (Å²) in [5, 5.41) is 7.35. The minimum absolute atomic E-state index is 0.